The number of methoxy groups -OCH3 is 1. The molecule has 0 aromatic heterocycles. The number of carbonyl (C=O) groups is 1. The smallest absolute Gasteiger partial charge is 0.246 e. The van der Waals surface area contributed by atoms with Crippen molar-refractivity contribution >= 4 is 21.8 Å². The van der Waals surface area contributed by atoms with Gasteiger partial charge in [0.15, 0.2) is 21.3 Å². The Morgan fingerprint density at radius 2 is 2.12 bits per heavy atom. The minimum Gasteiger partial charge on any atom is -0.493 e. The molecular formula is C19H27NO5S. The van der Waals surface area contributed by atoms with Crippen LogP contribution in [0.1, 0.15) is 31.7 Å². The monoisotopic (exact) mass is 381 g/mol. The summed E-state index contributed by atoms with van der Waals surface area (Å²) in [5.74, 6) is 1.27. The lowest BCUT2D eigenvalue weighted by Gasteiger charge is -2.21. The van der Waals surface area contributed by atoms with Crippen LogP contribution in [0.2, 0.25) is 0 Å². The van der Waals surface area contributed by atoms with Crippen molar-refractivity contribution < 1.29 is 22.7 Å². The Morgan fingerprint density at radius 1 is 1.35 bits per heavy atom. The number of rotatable bonds is 8. The lowest BCUT2D eigenvalue weighted by molar-refractivity contribution is -0.126. The van der Waals surface area contributed by atoms with Crippen molar-refractivity contribution in [3.05, 3.63) is 29.8 Å². The second kappa shape index (κ2) is 9.07. The molecule has 1 aromatic rings. The van der Waals surface area contributed by atoms with Gasteiger partial charge in [-0.25, -0.2) is 8.42 Å². The largest absolute Gasteiger partial charge is 0.493 e. The lowest BCUT2D eigenvalue weighted by atomic mass is 10.1. The fourth-order valence-corrected chi connectivity index (χ4v) is 4.55. The van der Waals surface area contributed by atoms with Gasteiger partial charge < -0.3 is 14.4 Å². The van der Waals surface area contributed by atoms with Gasteiger partial charge in [0.2, 0.25) is 5.91 Å². The van der Waals surface area contributed by atoms with Gasteiger partial charge in [-0.15, -0.1) is 0 Å². The van der Waals surface area contributed by atoms with E-state index >= 15 is 0 Å². The van der Waals surface area contributed by atoms with Gasteiger partial charge in [0.25, 0.3) is 0 Å². The van der Waals surface area contributed by atoms with Crippen molar-refractivity contribution in [1.82, 2.24) is 4.90 Å². The zero-order chi connectivity index (χ0) is 19.2. The van der Waals surface area contributed by atoms with Crippen molar-refractivity contribution in [1.29, 1.82) is 0 Å². The Morgan fingerprint density at radius 3 is 2.73 bits per heavy atom. The van der Waals surface area contributed by atoms with Crippen LogP contribution in [0.3, 0.4) is 0 Å². The van der Waals surface area contributed by atoms with Crippen LogP contribution < -0.4 is 9.47 Å². The fourth-order valence-electron chi connectivity index (χ4n) is 2.78. The third-order valence-corrected chi connectivity index (χ3v) is 6.22. The molecule has 1 unspecified atom stereocenters. The molecular weight excluding hydrogens is 354 g/mol. The van der Waals surface area contributed by atoms with E-state index < -0.39 is 9.84 Å². The second-order valence-electron chi connectivity index (χ2n) is 6.45. The topological polar surface area (TPSA) is 72.9 Å². The predicted octanol–water partition coefficient (Wildman–Crippen LogP) is 2.53. The molecule has 6 nitrogen and oxygen atoms in total. The molecule has 7 heteroatoms. The molecule has 0 radical (unpaired) electrons. The second-order valence-corrected chi connectivity index (χ2v) is 8.68. The highest BCUT2D eigenvalue weighted by atomic mass is 32.2. The van der Waals surface area contributed by atoms with Crippen LogP contribution in [0.15, 0.2) is 24.3 Å². The highest BCUT2D eigenvalue weighted by Gasteiger charge is 2.32. The maximum Gasteiger partial charge on any atom is 0.246 e. The highest BCUT2D eigenvalue weighted by molar-refractivity contribution is 7.91. The number of nitrogens with zero attached hydrogens (tertiary/aromatic N) is 1. The summed E-state index contributed by atoms with van der Waals surface area (Å²) in [4.78, 5) is 13.8. The molecule has 0 aliphatic carbocycles. The third-order valence-electron chi connectivity index (χ3n) is 4.47. The molecule has 1 aromatic carbocycles. The van der Waals surface area contributed by atoms with E-state index in [4.69, 9.17) is 9.47 Å². The summed E-state index contributed by atoms with van der Waals surface area (Å²) in [7, 11) is 0.208. The molecule has 0 spiro atoms. The van der Waals surface area contributed by atoms with Crippen LogP contribution in [0.4, 0.5) is 0 Å². The Kier molecular flexibility index (Phi) is 7.08. The fraction of sp³-hybridized carbons (Fsp3) is 0.526. The summed E-state index contributed by atoms with van der Waals surface area (Å²) in [6.07, 6.45) is 5.68. The third kappa shape index (κ3) is 5.49. The summed E-state index contributed by atoms with van der Waals surface area (Å²) in [6, 6.07) is 5.24. The molecule has 26 heavy (non-hydrogen) atoms. The predicted molar refractivity (Wildman–Crippen MR) is 102 cm³/mol. The van der Waals surface area contributed by atoms with Crippen LogP contribution in [0.25, 0.3) is 6.08 Å². The first kappa shape index (κ1) is 20.3. The van der Waals surface area contributed by atoms with Gasteiger partial charge in [0, 0.05) is 19.2 Å². The number of amides is 1. The SMILES string of the molecule is CCCCOc1ccc(/C=C/C(=O)N(C)C2CCS(=O)(=O)C2)cc1OC. The average Bonchev–Trinajstić information content (AvgIpc) is 2.99. The van der Waals surface area contributed by atoms with E-state index in [0.717, 1.165) is 18.4 Å². The Balaban J connectivity index is 2.01. The highest BCUT2D eigenvalue weighted by Crippen LogP contribution is 2.28. The molecule has 2 rings (SSSR count). The van der Waals surface area contributed by atoms with Crippen LogP contribution >= 0.6 is 0 Å². The van der Waals surface area contributed by atoms with Gasteiger partial charge in [-0.2, -0.15) is 0 Å². The molecule has 1 amide bonds. The number of hydrogen-bond acceptors (Lipinski definition) is 5. The number of carbonyl (C=O) groups excluding carboxylic acids is 1. The molecule has 1 saturated heterocycles. The van der Waals surface area contributed by atoms with Gasteiger partial charge in [0.05, 0.1) is 25.2 Å². The Labute approximate surface area is 155 Å². The molecule has 0 N–H and O–H groups in total. The molecule has 1 aliphatic heterocycles. The van der Waals surface area contributed by atoms with E-state index in [2.05, 4.69) is 6.92 Å². The maximum absolute atomic E-state index is 12.3. The number of unbranched alkanes of at least 4 members (excludes halogenated alkanes) is 1. The maximum atomic E-state index is 12.3. The van der Waals surface area contributed by atoms with Crippen LogP contribution in [-0.2, 0) is 14.6 Å². The first-order valence-corrected chi connectivity index (χ1v) is 10.6. The molecule has 1 atom stereocenters. The summed E-state index contributed by atoms with van der Waals surface area (Å²) in [6.45, 7) is 2.74. The van der Waals surface area contributed by atoms with Gasteiger partial charge in [-0.3, -0.25) is 4.79 Å². The lowest BCUT2D eigenvalue weighted by Crippen LogP contribution is -2.36. The van der Waals surface area contributed by atoms with Gasteiger partial charge in [-0.05, 0) is 36.6 Å². The molecule has 0 bridgehead atoms. The molecule has 1 heterocycles. The number of ether oxygens (including phenoxy) is 2. The molecule has 0 saturated carbocycles. The Hall–Kier alpha value is -2.02. The first-order valence-electron chi connectivity index (χ1n) is 8.82. The molecule has 144 valence electrons. The van der Waals surface area contributed by atoms with E-state index in [0.29, 0.717) is 24.5 Å². The number of hydrogen-bond donors (Lipinski definition) is 0. The normalized spacial score (nSPS) is 18.8. The summed E-state index contributed by atoms with van der Waals surface area (Å²) >= 11 is 0. The minimum atomic E-state index is -3.01. The van der Waals surface area contributed by atoms with Crippen LogP contribution in [0, 0.1) is 0 Å². The number of benzene rings is 1. The summed E-state index contributed by atoms with van der Waals surface area (Å²) in [5.41, 5.74) is 0.811. The van der Waals surface area contributed by atoms with E-state index in [1.807, 2.05) is 18.2 Å². The standard InChI is InChI=1S/C19H27NO5S/c1-4-5-11-25-17-8-6-15(13-18(17)24-3)7-9-19(21)20(2)16-10-12-26(22,23)14-16/h6-9,13,16H,4-5,10-12,14H2,1-3H3/b9-7+. The summed E-state index contributed by atoms with van der Waals surface area (Å²) in [5, 5.41) is 0. The zero-order valence-electron chi connectivity index (χ0n) is 15.6. The average molecular weight is 381 g/mol. The van der Waals surface area contributed by atoms with E-state index in [-0.39, 0.29) is 23.5 Å². The quantitative estimate of drug-likeness (QED) is 0.511. The van der Waals surface area contributed by atoms with E-state index in [1.165, 1.54) is 11.0 Å². The minimum absolute atomic E-state index is 0.0424. The Bertz CT molecular complexity index is 757. The van der Waals surface area contributed by atoms with Crippen molar-refractivity contribution in [2.24, 2.45) is 0 Å². The van der Waals surface area contributed by atoms with E-state index in [1.54, 1.807) is 20.2 Å². The van der Waals surface area contributed by atoms with Gasteiger partial charge in [-0.1, -0.05) is 19.4 Å². The van der Waals surface area contributed by atoms with Gasteiger partial charge in [0.1, 0.15) is 0 Å². The number of sulfone groups is 1. The molecule has 1 fully saturated rings. The molecule has 1 aliphatic rings. The van der Waals surface area contributed by atoms with Crippen molar-refractivity contribution in [2.75, 3.05) is 32.3 Å². The van der Waals surface area contributed by atoms with Crippen molar-refractivity contribution in [3.63, 3.8) is 0 Å². The number of likely N-dealkylation sites (N-methyl/N-ethyl adjacent to an activating group) is 1. The van der Waals surface area contributed by atoms with Gasteiger partial charge >= 0.3 is 0 Å². The van der Waals surface area contributed by atoms with Crippen molar-refractivity contribution in [2.45, 2.75) is 32.2 Å². The van der Waals surface area contributed by atoms with Crippen LogP contribution in [-0.4, -0.2) is 57.5 Å². The van der Waals surface area contributed by atoms with Crippen molar-refractivity contribution in [3.8, 4) is 11.5 Å². The zero-order valence-corrected chi connectivity index (χ0v) is 16.4. The first-order chi connectivity index (χ1) is 12.4. The summed E-state index contributed by atoms with van der Waals surface area (Å²) < 4.78 is 34.2. The van der Waals surface area contributed by atoms with Crippen LogP contribution in [0.5, 0.6) is 11.5 Å². The van der Waals surface area contributed by atoms with E-state index in [9.17, 15) is 13.2 Å².